The predicted octanol–water partition coefficient (Wildman–Crippen LogP) is 3.10. The highest BCUT2D eigenvalue weighted by atomic mass is 16.1. The highest BCUT2D eigenvalue weighted by Gasteiger charge is 2.43. The fraction of sp³-hybridized carbons (Fsp3) is 0.529. The first-order valence-electron chi connectivity index (χ1n) is 7.53. The summed E-state index contributed by atoms with van der Waals surface area (Å²) in [6, 6.07) is 2.78. The fourth-order valence-corrected chi connectivity index (χ4v) is 4.47. The van der Waals surface area contributed by atoms with Gasteiger partial charge in [0.1, 0.15) is 0 Å². The number of ketones is 2. The molecular weight excluding hydrogens is 250 g/mol. The lowest BCUT2D eigenvalue weighted by Gasteiger charge is -2.37. The summed E-state index contributed by atoms with van der Waals surface area (Å²) < 4.78 is 0. The standard InChI is InChI=1S/C17H19NO2/c1-8-4-13(19)12-7-11-5-9(2)18-10(3)6-14(20)16(15(8)12)17(11)18/h7-10H,4-6H2,1-3H3. The van der Waals surface area contributed by atoms with Crippen molar-refractivity contribution in [1.82, 2.24) is 0 Å². The topological polar surface area (TPSA) is 37.4 Å². The van der Waals surface area contributed by atoms with E-state index >= 15 is 0 Å². The van der Waals surface area contributed by atoms with Crippen LogP contribution in [0.25, 0.3) is 0 Å². The Kier molecular flexibility index (Phi) is 2.25. The van der Waals surface area contributed by atoms with Gasteiger partial charge in [0.25, 0.3) is 0 Å². The van der Waals surface area contributed by atoms with Crippen LogP contribution < -0.4 is 4.90 Å². The van der Waals surface area contributed by atoms with Gasteiger partial charge in [-0.3, -0.25) is 9.59 Å². The molecule has 0 saturated heterocycles. The Labute approximate surface area is 119 Å². The third-order valence-corrected chi connectivity index (χ3v) is 5.19. The van der Waals surface area contributed by atoms with Gasteiger partial charge in [-0.15, -0.1) is 0 Å². The summed E-state index contributed by atoms with van der Waals surface area (Å²) in [6.45, 7) is 6.42. The van der Waals surface area contributed by atoms with Crippen molar-refractivity contribution in [1.29, 1.82) is 0 Å². The van der Waals surface area contributed by atoms with Gasteiger partial charge in [0.05, 0.1) is 5.69 Å². The number of anilines is 1. The summed E-state index contributed by atoms with van der Waals surface area (Å²) in [4.78, 5) is 27.2. The molecule has 3 heteroatoms. The molecule has 3 aliphatic rings. The van der Waals surface area contributed by atoms with Gasteiger partial charge in [-0.25, -0.2) is 0 Å². The van der Waals surface area contributed by atoms with Crippen LogP contribution in [0.5, 0.6) is 0 Å². The van der Waals surface area contributed by atoms with E-state index in [2.05, 4.69) is 31.7 Å². The minimum absolute atomic E-state index is 0.188. The van der Waals surface area contributed by atoms with E-state index in [-0.39, 0.29) is 23.5 Å². The summed E-state index contributed by atoms with van der Waals surface area (Å²) >= 11 is 0. The molecule has 3 unspecified atom stereocenters. The smallest absolute Gasteiger partial charge is 0.167 e. The van der Waals surface area contributed by atoms with Crippen molar-refractivity contribution >= 4 is 17.3 Å². The van der Waals surface area contributed by atoms with E-state index in [1.165, 1.54) is 5.56 Å². The number of Topliss-reactive ketones (excluding diaryl/α,β-unsaturated/α-hetero) is 2. The molecule has 3 atom stereocenters. The highest BCUT2D eigenvalue weighted by Crippen LogP contribution is 2.48. The zero-order valence-electron chi connectivity index (χ0n) is 12.2. The molecule has 0 bridgehead atoms. The summed E-state index contributed by atoms with van der Waals surface area (Å²) in [7, 11) is 0. The van der Waals surface area contributed by atoms with E-state index in [1.807, 2.05) is 0 Å². The first-order chi connectivity index (χ1) is 9.49. The van der Waals surface area contributed by atoms with Crippen LogP contribution in [0.3, 0.4) is 0 Å². The average molecular weight is 269 g/mol. The van der Waals surface area contributed by atoms with Crippen LogP contribution in [-0.2, 0) is 6.42 Å². The number of fused-ring (bicyclic) bond motifs is 2. The van der Waals surface area contributed by atoms with Crippen molar-refractivity contribution in [3.05, 3.63) is 28.3 Å². The first kappa shape index (κ1) is 12.1. The summed E-state index contributed by atoms with van der Waals surface area (Å²) in [5, 5.41) is 0. The number of hydrogen-bond acceptors (Lipinski definition) is 3. The molecular formula is C17H19NO2. The van der Waals surface area contributed by atoms with Crippen LogP contribution in [0.15, 0.2) is 6.07 Å². The van der Waals surface area contributed by atoms with Gasteiger partial charge in [0, 0.05) is 36.1 Å². The second-order valence-electron chi connectivity index (χ2n) is 6.69. The molecule has 0 aromatic heterocycles. The van der Waals surface area contributed by atoms with Crippen LogP contribution in [0, 0.1) is 0 Å². The zero-order valence-corrected chi connectivity index (χ0v) is 12.2. The number of nitrogens with zero attached hydrogens (tertiary/aromatic N) is 1. The fourth-order valence-electron chi connectivity index (χ4n) is 4.47. The van der Waals surface area contributed by atoms with E-state index in [1.54, 1.807) is 0 Å². The quantitative estimate of drug-likeness (QED) is 0.726. The molecule has 0 amide bonds. The number of hydrogen-bond donors (Lipinski definition) is 0. The Morgan fingerprint density at radius 1 is 1.00 bits per heavy atom. The largest absolute Gasteiger partial charge is 0.365 e. The van der Waals surface area contributed by atoms with Crippen LogP contribution in [0.4, 0.5) is 5.69 Å². The first-order valence-corrected chi connectivity index (χ1v) is 7.53. The molecule has 0 saturated carbocycles. The lowest BCUT2D eigenvalue weighted by molar-refractivity contribution is 0.0964. The van der Waals surface area contributed by atoms with Gasteiger partial charge in [-0.05, 0) is 43.4 Å². The van der Waals surface area contributed by atoms with Crippen molar-refractivity contribution in [2.24, 2.45) is 0 Å². The molecule has 0 fully saturated rings. The van der Waals surface area contributed by atoms with E-state index in [4.69, 9.17) is 0 Å². The normalized spacial score (nSPS) is 30.8. The van der Waals surface area contributed by atoms with Crippen molar-refractivity contribution in [3.63, 3.8) is 0 Å². The van der Waals surface area contributed by atoms with Crippen LogP contribution >= 0.6 is 0 Å². The van der Waals surface area contributed by atoms with Gasteiger partial charge in [0.2, 0.25) is 0 Å². The molecule has 4 rings (SSSR count). The second-order valence-corrected chi connectivity index (χ2v) is 6.69. The maximum absolute atomic E-state index is 12.6. The molecule has 3 nitrogen and oxygen atoms in total. The van der Waals surface area contributed by atoms with Gasteiger partial charge < -0.3 is 4.90 Å². The molecule has 2 aliphatic heterocycles. The molecule has 0 radical (unpaired) electrons. The molecule has 104 valence electrons. The summed E-state index contributed by atoms with van der Waals surface area (Å²) in [5.74, 6) is 0.634. The number of benzene rings is 1. The maximum Gasteiger partial charge on any atom is 0.167 e. The molecule has 20 heavy (non-hydrogen) atoms. The Hall–Kier alpha value is -1.64. The van der Waals surface area contributed by atoms with Crippen molar-refractivity contribution in [2.75, 3.05) is 4.90 Å². The molecule has 0 spiro atoms. The van der Waals surface area contributed by atoms with Crippen LogP contribution in [-0.4, -0.2) is 23.7 Å². The van der Waals surface area contributed by atoms with E-state index < -0.39 is 0 Å². The molecule has 1 aromatic carbocycles. The Morgan fingerprint density at radius 2 is 1.70 bits per heavy atom. The third kappa shape index (κ3) is 1.31. The summed E-state index contributed by atoms with van der Waals surface area (Å²) in [6.07, 6.45) is 2.09. The van der Waals surface area contributed by atoms with Gasteiger partial charge in [-0.2, -0.15) is 0 Å². The Morgan fingerprint density at radius 3 is 2.45 bits per heavy atom. The van der Waals surface area contributed by atoms with Gasteiger partial charge >= 0.3 is 0 Å². The number of carbonyl (C=O) groups excluding carboxylic acids is 2. The Bertz CT molecular complexity index is 661. The van der Waals surface area contributed by atoms with Crippen LogP contribution in [0.1, 0.15) is 71.4 Å². The monoisotopic (exact) mass is 269 g/mol. The number of rotatable bonds is 0. The van der Waals surface area contributed by atoms with Crippen molar-refractivity contribution in [3.8, 4) is 0 Å². The number of carbonyl (C=O) groups is 2. The third-order valence-electron chi connectivity index (χ3n) is 5.19. The second kappa shape index (κ2) is 3.72. The lowest BCUT2D eigenvalue weighted by Crippen LogP contribution is -2.42. The molecule has 0 N–H and O–H groups in total. The zero-order chi connectivity index (χ0) is 14.2. The van der Waals surface area contributed by atoms with Gasteiger partial charge in [-0.1, -0.05) is 6.92 Å². The van der Waals surface area contributed by atoms with Crippen LogP contribution in [0.2, 0.25) is 0 Å². The molecule has 1 aromatic rings. The van der Waals surface area contributed by atoms with Crippen molar-refractivity contribution < 1.29 is 9.59 Å². The molecule has 2 heterocycles. The average Bonchev–Trinajstić information content (AvgIpc) is 2.83. The predicted molar refractivity (Wildman–Crippen MR) is 77.9 cm³/mol. The maximum atomic E-state index is 12.6. The highest BCUT2D eigenvalue weighted by molar-refractivity contribution is 6.12. The minimum Gasteiger partial charge on any atom is -0.365 e. The molecule has 1 aliphatic carbocycles. The van der Waals surface area contributed by atoms with E-state index in [0.29, 0.717) is 18.9 Å². The van der Waals surface area contributed by atoms with E-state index in [9.17, 15) is 9.59 Å². The van der Waals surface area contributed by atoms with E-state index in [0.717, 1.165) is 28.8 Å². The van der Waals surface area contributed by atoms with Gasteiger partial charge in [0.15, 0.2) is 11.6 Å². The lowest BCUT2D eigenvalue weighted by atomic mass is 9.86. The summed E-state index contributed by atoms with van der Waals surface area (Å²) in [5.41, 5.74) is 5.07. The minimum atomic E-state index is 0.188. The SMILES string of the molecule is CC1CC(=O)c2cc3c4c(c21)C(=O)CC(C)N4C(C)C3. The van der Waals surface area contributed by atoms with Crippen molar-refractivity contribution in [2.45, 2.75) is 58.0 Å². The Balaban J connectivity index is 2.06.